The van der Waals surface area contributed by atoms with Gasteiger partial charge in [0.2, 0.25) is 7.71 Å². The van der Waals surface area contributed by atoms with Crippen LogP contribution in [0.5, 0.6) is 0 Å². The van der Waals surface area contributed by atoms with Crippen molar-refractivity contribution < 1.29 is 65.9 Å². The second-order valence-electron chi connectivity index (χ2n) is 12.4. The topological polar surface area (TPSA) is 12.4 Å². The highest BCUT2D eigenvalue weighted by atomic mass is 31.2. The molecule has 0 aromatic heterocycles. The van der Waals surface area contributed by atoms with Gasteiger partial charge in [-0.2, -0.15) is 0 Å². The van der Waals surface area contributed by atoms with E-state index in [0.717, 1.165) is 27.7 Å². The first-order valence-corrected chi connectivity index (χ1v) is 17.9. The van der Waals surface area contributed by atoms with E-state index in [2.05, 4.69) is 4.52 Å². The average Bonchev–Trinajstić information content (AvgIpc) is 3.02. The maximum absolute atomic E-state index is 16.3. The van der Waals surface area contributed by atoms with Gasteiger partial charge in [-0.05, 0) is 59.9 Å². The summed E-state index contributed by atoms with van der Waals surface area (Å²) in [5.41, 5.74) is -12.3. The lowest BCUT2D eigenvalue weighted by Crippen LogP contribution is -2.75. The van der Waals surface area contributed by atoms with Crippen molar-refractivity contribution in [3.05, 3.63) is 87.3 Å². The van der Waals surface area contributed by atoms with Crippen molar-refractivity contribution in [2.45, 2.75) is 78.0 Å². The van der Waals surface area contributed by atoms with Gasteiger partial charge in [0.15, 0.2) is 52.4 Å². The van der Waals surface area contributed by atoms with Crippen molar-refractivity contribution in [1.82, 2.24) is 0 Å². The smallest absolute Gasteiger partial charge is 0.207 e. The van der Waals surface area contributed by atoms with Gasteiger partial charge in [-0.3, -0.25) is 0 Å². The molecule has 0 atom stereocenters. The van der Waals surface area contributed by atoms with E-state index in [-0.39, 0.29) is 0 Å². The van der Waals surface area contributed by atoms with Crippen LogP contribution in [0.15, 0.2) is 4.52 Å². The molecule has 0 bridgehead atoms. The summed E-state index contributed by atoms with van der Waals surface area (Å²) in [6, 6.07) is 0. The molecule has 0 fully saturated rings. The zero-order chi connectivity index (χ0) is 38.0. The summed E-state index contributed by atoms with van der Waals surface area (Å²) < 4.78 is 237. The molecule has 0 aliphatic carbocycles. The largest absolute Gasteiger partial charge is 0.294 e. The first kappa shape index (κ1) is 40.6. The number of hydrogen-bond donors (Lipinski definition) is 0. The molecule has 0 spiro atoms. The minimum absolute atomic E-state index is 0.662. The SMILES string of the molecule is CC(C)[P+](=N[P+](C(C)C)(C(C)C)[B-](c1c(F)c(F)c(F)c(F)c1F)(c1c(F)c(F)c(F)c(F)c1F)c1c(F)c(F)c(F)c(F)c1F)C(C)C. The fraction of sp³-hybridized carbons (Fsp3) is 0.400. The molecule has 0 unspecified atom stereocenters. The van der Waals surface area contributed by atoms with Crippen LogP contribution in [-0.2, 0) is 0 Å². The lowest BCUT2D eigenvalue weighted by molar-refractivity contribution is 0.380. The van der Waals surface area contributed by atoms with Crippen LogP contribution in [0.1, 0.15) is 55.4 Å². The van der Waals surface area contributed by atoms with E-state index in [4.69, 9.17) is 0 Å². The van der Waals surface area contributed by atoms with Crippen molar-refractivity contribution in [2.75, 3.05) is 0 Å². The molecule has 0 saturated heterocycles. The third kappa shape index (κ3) is 5.74. The van der Waals surface area contributed by atoms with Crippen LogP contribution in [0.3, 0.4) is 0 Å². The standard InChI is InChI=1S/C30H28BF15NP2/c1-9(2)48(10(3)4)47-49(11(5)6,12(7)8)31(13-16(32)22(38)28(44)23(39)17(13)33,14-18(34)24(40)29(45)25(41)19(14)35)15-20(36)26(42)30(46)27(43)21(15)37/h9-12H,1-8H3/q+1. The lowest BCUT2D eigenvalue weighted by Gasteiger charge is -2.51. The van der Waals surface area contributed by atoms with Crippen LogP contribution in [0, 0.1) is 87.3 Å². The number of benzene rings is 3. The minimum Gasteiger partial charge on any atom is -0.207 e. The summed E-state index contributed by atoms with van der Waals surface area (Å²) in [6.07, 6.45) is 0. The molecule has 0 aliphatic heterocycles. The minimum atomic E-state index is -5.80. The number of rotatable bonds is 9. The molecule has 3 aromatic rings. The van der Waals surface area contributed by atoms with Crippen LogP contribution in [0.25, 0.3) is 0 Å². The fourth-order valence-electron chi connectivity index (χ4n) is 6.78. The molecule has 0 saturated carbocycles. The molecule has 19 heteroatoms. The molecule has 49 heavy (non-hydrogen) atoms. The third-order valence-corrected chi connectivity index (χ3v) is 18.1. The molecule has 3 aromatic carbocycles. The van der Waals surface area contributed by atoms with Gasteiger partial charge in [-0.25, -0.2) is 65.9 Å². The van der Waals surface area contributed by atoms with Crippen LogP contribution < -0.4 is 16.4 Å². The average molecular weight is 760 g/mol. The predicted molar refractivity (Wildman–Crippen MR) is 160 cm³/mol. The quantitative estimate of drug-likeness (QED) is 0.0678. The highest BCUT2D eigenvalue weighted by molar-refractivity contribution is 8.14. The van der Waals surface area contributed by atoms with Crippen molar-refractivity contribution in [3.63, 3.8) is 0 Å². The summed E-state index contributed by atoms with van der Waals surface area (Å²) in [6.45, 7) is 10.2. The molecule has 1 nitrogen and oxygen atoms in total. The molecular formula is C30H28BF15NP2+. The number of hydrogen-bond acceptors (Lipinski definition) is 1. The van der Waals surface area contributed by atoms with Gasteiger partial charge < -0.3 is 0 Å². The first-order chi connectivity index (χ1) is 22.4. The Morgan fingerprint density at radius 2 is 0.551 bits per heavy atom. The first-order valence-electron chi connectivity index (χ1n) is 14.5. The van der Waals surface area contributed by atoms with E-state index in [1.54, 1.807) is 0 Å². The van der Waals surface area contributed by atoms with Gasteiger partial charge >= 0.3 is 0 Å². The van der Waals surface area contributed by atoms with Gasteiger partial charge in [0.1, 0.15) is 46.2 Å². The highest BCUT2D eigenvalue weighted by Gasteiger charge is 2.69. The second kappa shape index (κ2) is 14.1. The Hall–Kier alpha value is -2.80. The zero-order valence-electron chi connectivity index (χ0n) is 26.9. The van der Waals surface area contributed by atoms with Crippen LogP contribution in [0.4, 0.5) is 65.9 Å². The van der Waals surface area contributed by atoms with E-state index in [9.17, 15) is 13.2 Å². The zero-order valence-corrected chi connectivity index (χ0v) is 28.7. The molecule has 270 valence electrons. The van der Waals surface area contributed by atoms with Crippen molar-refractivity contribution >= 4 is 37.3 Å². The van der Waals surface area contributed by atoms with E-state index in [1.807, 2.05) is 0 Å². The normalized spacial score (nSPS) is 12.7. The predicted octanol–water partition coefficient (Wildman–Crippen LogP) is 9.97. The van der Waals surface area contributed by atoms with Crippen molar-refractivity contribution in [2.24, 2.45) is 4.52 Å². The van der Waals surface area contributed by atoms with Gasteiger partial charge in [0, 0.05) is 7.29 Å². The van der Waals surface area contributed by atoms with Gasteiger partial charge in [0.05, 0.1) is 11.3 Å². The lowest BCUT2D eigenvalue weighted by atomic mass is 9.33. The summed E-state index contributed by atoms with van der Waals surface area (Å²) in [7, 11) is -7.25. The Balaban J connectivity index is 3.25. The maximum atomic E-state index is 16.3. The Morgan fingerprint density at radius 1 is 0.367 bits per heavy atom. The monoisotopic (exact) mass is 760 g/mol. The van der Waals surface area contributed by atoms with Crippen molar-refractivity contribution in [1.29, 1.82) is 0 Å². The summed E-state index contributed by atoms with van der Waals surface area (Å²) in [4.78, 5) is 0. The number of nitrogens with zero attached hydrogens (tertiary/aromatic N) is 1. The van der Waals surface area contributed by atoms with E-state index < -0.39 is 147 Å². The number of halogens is 15. The molecule has 0 radical (unpaired) electrons. The molecule has 0 heterocycles. The summed E-state index contributed by atoms with van der Waals surface area (Å²) in [5.74, 6) is -50.7. The fourth-order valence-corrected chi connectivity index (χ4v) is 18.2. The van der Waals surface area contributed by atoms with Gasteiger partial charge in [0.25, 0.3) is 5.87 Å². The van der Waals surface area contributed by atoms with E-state index in [1.165, 1.54) is 27.7 Å². The molecule has 0 amide bonds. The van der Waals surface area contributed by atoms with Crippen LogP contribution in [0.2, 0.25) is 0 Å². The third-order valence-electron chi connectivity index (χ3n) is 8.58. The van der Waals surface area contributed by atoms with Crippen LogP contribution in [-0.4, -0.2) is 28.5 Å². The van der Waals surface area contributed by atoms with E-state index in [0.29, 0.717) is 0 Å². The van der Waals surface area contributed by atoms with Crippen molar-refractivity contribution in [3.8, 4) is 0 Å². The van der Waals surface area contributed by atoms with Crippen LogP contribution >= 0.6 is 15.0 Å². The van der Waals surface area contributed by atoms with E-state index >= 15 is 52.7 Å². The second-order valence-corrected chi connectivity index (χ2v) is 20.4. The summed E-state index contributed by atoms with van der Waals surface area (Å²) in [5, 5.41) is 0. The van der Waals surface area contributed by atoms with Gasteiger partial charge in [-0.15, -0.1) is 0 Å². The van der Waals surface area contributed by atoms with Gasteiger partial charge in [-0.1, -0.05) is 16.4 Å². The Bertz CT molecular complexity index is 1590. The molecule has 3 rings (SSSR count). The molecule has 0 N–H and O–H groups in total. The Kier molecular flexibility index (Phi) is 11.7. The Labute approximate surface area is 273 Å². The maximum Gasteiger partial charge on any atom is 0.294 e. The highest BCUT2D eigenvalue weighted by Crippen LogP contribution is 2.77. The summed E-state index contributed by atoms with van der Waals surface area (Å²) >= 11 is 0. The molecule has 0 aliphatic rings. The molecular weight excluding hydrogens is 732 g/mol. The Morgan fingerprint density at radius 3 is 0.714 bits per heavy atom.